The Morgan fingerprint density at radius 1 is 1.08 bits per heavy atom. The van der Waals surface area contributed by atoms with Gasteiger partial charge in [0.2, 0.25) is 5.91 Å². The third-order valence-corrected chi connectivity index (χ3v) is 6.65. The summed E-state index contributed by atoms with van der Waals surface area (Å²) in [5, 5.41) is 1.86. The van der Waals surface area contributed by atoms with Gasteiger partial charge in [-0.3, -0.25) is 20.4 Å². The van der Waals surface area contributed by atoms with Gasteiger partial charge in [-0.05, 0) is 47.4 Å². The first kappa shape index (κ1) is 16.8. The van der Waals surface area contributed by atoms with Gasteiger partial charge in [0.05, 0.1) is 5.41 Å². The highest BCUT2D eigenvalue weighted by molar-refractivity contribution is 6.07. The van der Waals surface area contributed by atoms with Crippen molar-refractivity contribution >= 4 is 22.6 Å². The number of hydrogen-bond acceptors (Lipinski definition) is 2. The van der Waals surface area contributed by atoms with E-state index in [-0.39, 0.29) is 17.2 Å². The van der Waals surface area contributed by atoms with Gasteiger partial charge >= 0.3 is 0 Å². The Bertz CT molecular complexity index is 925. The van der Waals surface area contributed by atoms with Gasteiger partial charge in [-0.2, -0.15) is 0 Å². The largest absolute Gasteiger partial charge is 0.272 e. The highest BCUT2D eigenvalue weighted by atomic mass is 16.2. The highest BCUT2D eigenvalue weighted by Gasteiger charge is 2.60. The van der Waals surface area contributed by atoms with Crippen molar-refractivity contribution in [3.63, 3.8) is 0 Å². The SMILES string of the molecule is C=C1C2(C(=O)NNC(=O)c3cccc4ccccc34)CCC(C2)C1(C)C. The zero-order valence-corrected chi connectivity index (χ0v) is 15.3. The van der Waals surface area contributed by atoms with Crippen LogP contribution in [0.4, 0.5) is 0 Å². The molecular formula is C22H24N2O2. The van der Waals surface area contributed by atoms with Crippen molar-refractivity contribution in [3.8, 4) is 0 Å². The number of carbonyl (C=O) groups excluding carboxylic acids is 2. The van der Waals surface area contributed by atoms with Gasteiger partial charge in [0, 0.05) is 5.56 Å². The van der Waals surface area contributed by atoms with Gasteiger partial charge in [-0.15, -0.1) is 0 Å². The number of rotatable bonds is 2. The Kier molecular flexibility index (Phi) is 3.69. The van der Waals surface area contributed by atoms with Crippen LogP contribution in [0.25, 0.3) is 10.8 Å². The Labute approximate surface area is 153 Å². The molecule has 4 nitrogen and oxygen atoms in total. The van der Waals surface area contributed by atoms with Crippen molar-refractivity contribution in [2.24, 2.45) is 16.7 Å². The molecule has 0 aromatic heterocycles. The molecule has 0 radical (unpaired) electrons. The Morgan fingerprint density at radius 3 is 2.54 bits per heavy atom. The first-order chi connectivity index (χ1) is 12.4. The molecule has 2 atom stereocenters. The van der Waals surface area contributed by atoms with E-state index in [2.05, 4.69) is 31.3 Å². The molecule has 2 fully saturated rings. The van der Waals surface area contributed by atoms with E-state index in [1.54, 1.807) is 6.07 Å². The fourth-order valence-electron chi connectivity index (χ4n) is 4.87. The molecule has 0 aliphatic heterocycles. The van der Waals surface area contributed by atoms with Gasteiger partial charge in [-0.1, -0.05) is 62.4 Å². The van der Waals surface area contributed by atoms with Crippen LogP contribution in [0.1, 0.15) is 43.5 Å². The number of fused-ring (bicyclic) bond motifs is 3. The summed E-state index contributed by atoms with van der Waals surface area (Å²) in [5.74, 6) is 0.0580. The maximum absolute atomic E-state index is 12.9. The van der Waals surface area contributed by atoms with Crippen LogP contribution < -0.4 is 10.9 Å². The molecule has 4 rings (SSSR count). The lowest BCUT2D eigenvalue weighted by molar-refractivity contribution is -0.129. The lowest BCUT2D eigenvalue weighted by Gasteiger charge is -2.37. The van der Waals surface area contributed by atoms with Crippen LogP contribution in [0.5, 0.6) is 0 Å². The minimum atomic E-state index is -0.541. The molecule has 2 aliphatic carbocycles. The van der Waals surface area contributed by atoms with Crippen molar-refractivity contribution < 1.29 is 9.59 Å². The molecule has 0 saturated heterocycles. The van der Waals surface area contributed by atoms with Gasteiger partial charge in [0.25, 0.3) is 5.91 Å². The second-order valence-corrected chi connectivity index (χ2v) is 8.16. The second kappa shape index (κ2) is 5.70. The molecular weight excluding hydrogens is 324 g/mol. The number of amides is 2. The lowest BCUT2D eigenvalue weighted by Crippen LogP contribution is -2.49. The zero-order valence-electron chi connectivity index (χ0n) is 15.3. The average molecular weight is 348 g/mol. The summed E-state index contributed by atoms with van der Waals surface area (Å²) in [6.07, 6.45) is 2.68. The molecule has 2 bridgehead atoms. The van der Waals surface area contributed by atoms with Crippen LogP contribution in [0, 0.1) is 16.7 Å². The second-order valence-electron chi connectivity index (χ2n) is 8.16. The van der Waals surface area contributed by atoms with Gasteiger partial charge in [-0.25, -0.2) is 0 Å². The van der Waals surface area contributed by atoms with E-state index in [1.165, 1.54) is 0 Å². The predicted octanol–water partition coefficient (Wildman–Crippen LogP) is 3.98. The predicted molar refractivity (Wildman–Crippen MR) is 102 cm³/mol. The summed E-state index contributed by atoms with van der Waals surface area (Å²) in [5.41, 5.74) is 6.28. The Morgan fingerprint density at radius 2 is 1.81 bits per heavy atom. The first-order valence-electron chi connectivity index (χ1n) is 9.15. The van der Waals surface area contributed by atoms with E-state index >= 15 is 0 Å². The van der Waals surface area contributed by atoms with Gasteiger partial charge in [0.15, 0.2) is 0 Å². The van der Waals surface area contributed by atoms with Crippen LogP contribution in [0.15, 0.2) is 54.6 Å². The van der Waals surface area contributed by atoms with E-state index < -0.39 is 5.41 Å². The van der Waals surface area contributed by atoms with E-state index in [0.717, 1.165) is 35.6 Å². The zero-order chi connectivity index (χ0) is 18.5. The molecule has 4 heteroatoms. The number of carbonyl (C=O) groups is 2. The number of hydrogen-bond donors (Lipinski definition) is 2. The molecule has 2 aliphatic rings. The van der Waals surface area contributed by atoms with Crippen molar-refractivity contribution in [3.05, 3.63) is 60.2 Å². The van der Waals surface area contributed by atoms with Gasteiger partial charge in [0.1, 0.15) is 0 Å². The third kappa shape index (κ3) is 2.28. The van der Waals surface area contributed by atoms with Crippen LogP contribution in [0.3, 0.4) is 0 Å². The summed E-state index contributed by atoms with van der Waals surface area (Å²) < 4.78 is 0. The molecule has 2 N–H and O–H groups in total. The van der Waals surface area contributed by atoms with E-state index in [9.17, 15) is 9.59 Å². The van der Waals surface area contributed by atoms with Gasteiger partial charge < -0.3 is 0 Å². The summed E-state index contributed by atoms with van der Waals surface area (Å²) in [6, 6.07) is 13.3. The van der Waals surface area contributed by atoms with Crippen molar-refractivity contribution in [1.82, 2.24) is 10.9 Å². The third-order valence-electron chi connectivity index (χ3n) is 6.65. The molecule has 2 aromatic rings. The first-order valence-corrected chi connectivity index (χ1v) is 9.15. The van der Waals surface area contributed by atoms with E-state index in [4.69, 9.17) is 0 Å². The van der Waals surface area contributed by atoms with Crippen molar-refractivity contribution in [2.75, 3.05) is 0 Å². The monoisotopic (exact) mass is 348 g/mol. The van der Waals surface area contributed by atoms with Crippen molar-refractivity contribution in [2.45, 2.75) is 33.1 Å². The van der Waals surface area contributed by atoms with Crippen molar-refractivity contribution in [1.29, 1.82) is 0 Å². The maximum Gasteiger partial charge on any atom is 0.270 e. The van der Waals surface area contributed by atoms with Crippen LogP contribution >= 0.6 is 0 Å². The average Bonchev–Trinajstić information content (AvgIpc) is 3.18. The number of hydrazine groups is 1. The molecule has 0 spiro atoms. The van der Waals surface area contributed by atoms with E-state index in [1.807, 2.05) is 36.4 Å². The van der Waals surface area contributed by atoms with E-state index in [0.29, 0.717) is 11.5 Å². The number of benzene rings is 2. The van der Waals surface area contributed by atoms with Crippen LogP contribution in [-0.2, 0) is 4.79 Å². The molecule has 0 heterocycles. The minimum absolute atomic E-state index is 0.0186. The van der Waals surface area contributed by atoms with Crippen LogP contribution in [0.2, 0.25) is 0 Å². The minimum Gasteiger partial charge on any atom is -0.272 e. The fraction of sp³-hybridized carbons (Fsp3) is 0.364. The molecule has 2 unspecified atom stereocenters. The molecule has 134 valence electrons. The molecule has 26 heavy (non-hydrogen) atoms. The Hall–Kier alpha value is -2.62. The molecule has 2 saturated carbocycles. The molecule has 2 aromatic carbocycles. The summed E-state index contributed by atoms with van der Waals surface area (Å²) in [7, 11) is 0. The smallest absolute Gasteiger partial charge is 0.270 e. The normalized spacial score (nSPS) is 26.1. The summed E-state index contributed by atoms with van der Waals surface area (Å²) in [6.45, 7) is 8.57. The molecule has 2 amide bonds. The summed E-state index contributed by atoms with van der Waals surface area (Å²) >= 11 is 0. The maximum atomic E-state index is 12.9. The Balaban J connectivity index is 1.52. The number of nitrogens with one attached hydrogen (secondary N) is 2. The van der Waals surface area contributed by atoms with Crippen LogP contribution in [-0.4, -0.2) is 11.8 Å². The lowest BCUT2D eigenvalue weighted by atomic mass is 9.68. The highest BCUT2D eigenvalue weighted by Crippen LogP contribution is 2.65. The topological polar surface area (TPSA) is 58.2 Å². The fourth-order valence-corrected chi connectivity index (χ4v) is 4.87. The quantitative estimate of drug-likeness (QED) is 0.637. The summed E-state index contributed by atoms with van der Waals surface area (Å²) in [4.78, 5) is 25.6. The standard InChI is InChI=1S/C22H24N2O2/c1-14-21(2,3)16-11-12-22(14,13-16)20(26)24-23-19(25)18-10-6-8-15-7-4-5-9-17(15)18/h4-10,16H,1,11-13H2,2-3H3,(H,23,25)(H,24,26).